The molecule has 106 valence electrons. The summed E-state index contributed by atoms with van der Waals surface area (Å²) in [6, 6.07) is 3.68. The van der Waals surface area contributed by atoms with Crippen molar-refractivity contribution in [3.05, 3.63) is 33.9 Å². The van der Waals surface area contributed by atoms with E-state index >= 15 is 0 Å². The largest absolute Gasteiger partial charge is 0.332 e. The molecule has 0 aliphatic carbocycles. The molecular formula is C12H14N4O2S2. The van der Waals surface area contributed by atoms with Crippen LogP contribution in [0.1, 0.15) is 15.6 Å². The molecule has 0 saturated heterocycles. The second-order valence-electron chi connectivity index (χ2n) is 3.93. The Morgan fingerprint density at radius 2 is 2.30 bits per heavy atom. The number of nitrogens with one attached hydrogen (secondary N) is 2. The Morgan fingerprint density at radius 3 is 2.95 bits per heavy atom. The molecule has 2 aromatic rings. The molecule has 2 aromatic heterocycles. The molecule has 0 amide bonds. The molecule has 8 heteroatoms. The fourth-order valence-electron chi connectivity index (χ4n) is 1.46. The lowest BCUT2D eigenvalue weighted by molar-refractivity contribution is 0.578. The van der Waals surface area contributed by atoms with Crippen LogP contribution in [-0.4, -0.2) is 24.9 Å². The Hall–Kier alpha value is -1.66. The van der Waals surface area contributed by atoms with Gasteiger partial charge in [0.15, 0.2) is 5.03 Å². The summed E-state index contributed by atoms with van der Waals surface area (Å²) in [6.07, 6.45) is 1.30. The minimum absolute atomic E-state index is 0.0645. The number of sulfonamides is 1. The molecule has 4 N–H and O–H groups in total. The molecular weight excluding hydrogens is 296 g/mol. The number of rotatable bonds is 4. The Balaban J connectivity index is 2.03. The first-order valence-corrected chi connectivity index (χ1v) is 8.10. The van der Waals surface area contributed by atoms with Gasteiger partial charge in [0, 0.05) is 11.4 Å². The van der Waals surface area contributed by atoms with Gasteiger partial charge in [-0.2, -0.15) is 0 Å². The molecule has 20 heavy (non-hydrogen) atoms. The van der Waals surface area contributed by atoms with Crippen molar-refractivity contribution in [3.8, 4) is 11.8 Å². The molecule has 6 nitrogen and oxygen atoms in total. The number of aromatic amines is 1. The molecule has 0 fully saturated rings. The zero-order chi connectivity index (χ0) is 14.6. The maximum absolute atomic E-state index is 12.0. The summed E-state index contributed by atoms with van der Waals surface area (Å²) in [5.74, 6) is 6.22. The quantitative estimate of drug-likeness (QED) is 0.719. The van der Waals surface area contributed by atoms with E-state index in [9.17, 15) is 8.42 Å². The average molecular weight is 310 g/mol. The SMILES string of the molecule is Cc1ncc(S(=O)(=O)NCc2ccc(C#CCN)s2)[nH]1. The van der Waals surface area contributed by atoms with Crippen molar-refractivity contribution < 1.29 is 8.42 Å². The van der Waals surface area contributed by atoms with E-state index in [1.165, 1.54) is 17.5 Å². The highest BCUT2D eigenvalue weighted by molar-refractivity contribution is 7.89. The third-order valence-electron chi connectivity index (χ3n) is 2.38. The van der Waals surface area contributed by atoms with Crippen LogP contribution in [0.5, 0.6) is 0 Å². The van der Waals surface area contributed by atoms with Crippen LogP contribution in [-0.2, 0) is 16.6 Å². The molecule has 0 bridgehead atoms. The van der Waals surface area contributed by atoms with Crippen molar-refractivity contribution in [2.45, 2.75) is 18.5 Å². The number of hydrogen-bond donors (Lipinski definition) is 3. The van der Waals surface area contributed by atoms with Gasteiger partial charge in [0.05, 0.1) is 17.6 Å². The summed E-state index contributed by atoms with van der Waals surface area (Å²) in [4.78, 5) is 8.31. The van der Waals surface area contributed by atoms with E-state index < -0.39 is 10.0 Å². The highest BCUT2D eigenvalue weighted by Gasteiger charge is 2.16. The number of aryl methyl sites for hydroxylation is 1. The van der Waals surface area contributed by atoms with Crippen molar-refractivity contribution >= 4 is 21.4 Å². The lowest BCUT2D eigenvalue weighted by Crippen LogP contribution is -2.23. The van der Waals surface area contributed by atoms with Gasteiger partial charge in [0.2, 0.25) is 0 Å². The van der Waals surface area contributed by atoms with E-state index in [1.54, 1.807) is 6.92 Å². The van der Waals surface area contributed by atoms with Gasteiger partial charge in [0.1, 0.15) is 5.82 Å². The predicted octanol–water partition coefficient (Wildman–Crippen LogP) is 0.568. The second-order valence-corrected chi connectivity index (χ2v) is 6.83. The monoisotopic (exact) mass is 310 g/mol. The van der Waals surface area contributed by atoms with Gasteiger partial charge in [-0.1, -0.05) is 11.8 Å². The Kier molecular flexibility index (Phi) is 4.57. The first kappa shape index (κ1) is 14.7. The average Bonchev–Trinajstić information content (AvgIpc) is 3.03. The number of nitrogens with zero attached hydrogens (tertiary/aromatic N) is 1. The van der Waals surface area contributed by atoms with Gasteiger partial charge >= 0.3 is 0 Å². The van der Waals surface area contributed by atoms with Crippen LogP contribution in [0.25, 0.3) is 0 Å². The topological polar surface area (TPSA) is 101 Å². The van der Waals surface area contributed by atoms with Crippen LogP contribution in [0.2, 0.25) is 0 Å². The molecule has 0 aliphatic heterocycles. The molecule has 2 rings (SSSR count). The van der Waals surface area contributed by atoms with Crippen LogP contribution < -0.4 is 10.5 Å². The van der Waals surface area contributed by atoms with Gasteiger partial charge in [-0.3, -0.25) is 0 Å². The maximum Gasteiger partial charge on any atom is 0.257 e. The number of hydrogen-bond acceptors (Lipinski definition) is 5. The molecule has 2 heterocycles. The molecule has 0 saturated carbocycles. The van der Waals surface area contributed by atoms with Gasteiger partial charge in [-0.05, 0) is 19.1 Å². The fourth-order valence-corrected chi connectivity index (χ4v) is 3.35. The van der Waals surface area contributed by atoms with Crippen LogP contribution >= 0.6 is 11.3 Å². The summed E-state index contributed by atoms with van der Waals surface area (Å²) in [5, 5.41) is 0.0645. The Morgan fingerprint density at radius 1 is 1.50 bits per heavy atom. The van der Waals surface area contributed by atoms with Crippen molar-refractivity contribution in [2.24, 2.45) is 5.73 Å². The van der Waals surface area contributed by atoms with E-state index in [1.807, 2.05) is 12.1 Å². The number of nitrogens with two attached hydrogens (primary N) is 1. The van der Waals surface area contributed by atoms with Crippen molar-refractivity contribution in [1.82, 2.24) is 14.7 Å². The van der Waals surface area contributed by atoms with E-state index in [4.69, 9.17) is 5.73 Å². The summed E-state index contributed by atoms with van der Waals surface area (Å²) >= 11 is 1.43. The number of thiophene rings is 1. The molecule has 0 unspecified atom stereocenters. The van der Waals surface area contributed by atoms with E-state index in [0.29, 0.717) is 12.4 Å². The van der Waals surface area contributed by atoms with Gasteiger partial charge < -0.3 is 10.7 Å². The minimum Gasteiger partial charge on any atom is -0.332 e. The fraction of sp³-hybridized carbons (Fsp3) is 0.250. The van der Waals surface area contributed by atoms with Crippen LogP contribution in [0, 0.1) is 18.8 Å². The van der Waals surface area contributed by atoms with Gasteiger partial charge in [0.25, 0.3) is 10.0 Å². The van der Waals surface area contributed by atoms with E-state index in [-0.39, 0.29) is 11.6 Å². The van der Waals surface area contributed by atoms with Gasteiger partial charge in [-0.25, -0.2) is 18.1 Å². The lowest BCUT2D eigenvalue weighted by Gasteiger charge is -2.02. The van der Waals surface area contributed by atoms with Crippen molar-refractivity contribution in [3.63, 3.8) is 0 Å². The summed E-state index contributed by atoms with van der Waals surface area (Å²) in [7, 11) is -3.56. The first-order chi connectivity index (χ1) is 9.51. The zero-order valence-corrected chi connectivity index (χ0v) is 12.4. The first-order valence-electron chi connectivity index (χ1n) is 5.80. The normalized spacial score (nSPS) is 11.1. The number of aromatic nitrogens is 2. The standard InChI is InChI=1S/C12H14N4O2S2/c1-9-14-8-12(16-9)20(17,18)15-7-11-5-4-10(19-11)3-2-6-13/h4-5,8,15H,6-7,13H2,1H3,(H,14,16). The predicted molar refractivity (Wildman–Crippen MR) is 77.6 cm³/mol. The Bertz CT molecular complexity index is 750. The Labute approximate surface area is 121 Å². The maximum atomic E-state index is 12.0. The second kappa shape index (κ2) is 6.19. The van der Waals surface area contributed by atoms with Crippen LogP contribution in [0.4, 0.5) is 0 Å². The summed E-state index contributed by atoms with van der Waals surface area (Å²) in [6.45, 7) is 2.22. The van der Waals surface area contributed by atoms with E-state index in [2.05, 4.69) is 26.5 Å². The van der Waals surface area contributed by atoms with E-state index in [0.717, 1.165) is 9.75 Å². The van der Waals surface area contributed by atoms with Gasteiger partial charge in [-0.15, -0.1) is 11.3 Å². The smallest absolute Gasteiger partial charge is 0.257 e. The van der Waals surface area contributed by atoms with Crippen LogP contribution in [0.3, 0.4) is 0 Å². The van der Waals surface area contributed by atoms with Crippen molar-refractivity contribution in [2.75, 3.05) is 6.54 Å². The summed E-state index contributed by atoms with van der Waals surface area (Å²) < 4.78 is 26.5. The highest BCUT2D eigenvalue weighted by atomic mass is 32.2. The molecule has 0 spiro atoms. The highest BCUT2D eigenvalue weighted by Crippen LogP contribution is 2.16. The summed E-state index contributed by atoms with van der Waals surface area (Å²) in [5.41, 5.74) is 5.30. The third-order valence-corrected chi connectivity index (χ3v) is 4.69. The molecule has 0 aromatic carbocycles. The lowest BCUT2D eigenvalue weighted by atomic mass is 10.4. The third kappa shape index (κ3) is 3.68. The number of H-pyrrole nitrogens is 1. The molecule has 0 radical (unpaired) electrons. The van der Waals surface area contributed by atoms with Crippen molar-refractivity contribution in [1.29, 1.82) is 0 Å². The minimum atomic E-state index is -3.56. The number of imidazole rings is 1. The molecule has 0 atom stereocenters. The van der Waals surface area contributed by atoms with Crippen LogP contribution in [0.15, 0.2) is 23.4 Å². The zero-order valence-electron chi connectivity index (χ0n) is 10.8. The molecule has 0 aliphatic rings.